The van der Waals surface area contributed by atoms with Crippen LogP contribution in [-0.2, 0) is 9.59 Å². The van der Waals surface area contributed by atoms with Crippen LogP contribution in [0.5, 0.6) is 5.75 Å². The molecular formula is C19H19N3O3. The van der Waals surface area contributed by atoms with Gasteiger partial charge in [0.05, 0.1) is 5.71 Å². The Morgan fingerprint density at radius 2 is 1.92 bits per heavy atom. The van der Waals surface area contributed by atoms with Crippen molar-refractivity contribution in [3.05, 3.63) is 60.2 Å². The molecule has 0 aliphatic carbocycles. The summed E-state index contributed by atoms with van der Waals surface area (Å²) in [6, 6.07) is 16.5. The first-order chi connectivity index (χ1) is 12.1. The number of nitrogens with zero attached hydrogens (tertiary/aromatic N) is 1. The Balaban J connectivity index is 1.57. The Hall–Kier alpha value is -3.15. The Morgan fingerprint density at radius 3 is 2.60 bits per heavy atom. The van der Waals surface area contributed by atoms with Crippen LogP contribution in [0.2, 0.25) is 0 Å². The van der Waals surface area contributed by atoms with Crippen LogP contribution in [0.25, 0.3) is 0 Å². The van der Waals surface area contributed by atoms with E-state index in [9.17, 15) is 9.59 Å². The second kappa shape index (κ2) is 7.61. The lowest BCUT2D eigenvalue weighted by molar-refractivity contribution is -0.122. The highest BCUT2D eigenvalue weighted by Gasteiger charge is 2.21. The Labute approximate surface area is 145 Å². The molecule has 0 radical (unpaired) electrons. The summed E-state index contributed by atoms with van der Waals surface area (Å²) >= 11 is 0. The highest BCUT2D eigenvalue weighted by atomic mass is 16.5. The van der Waals surface area contributed by atoms with Crippen molar-refractivity contribution in [1.82, 2.24) is 5.43 Å². The minimum absolute atomic E-state index is 0.0540. The SMILES string of the molecule is C[C@@H]1CC(=O)NN=C1c1ccc(NC(=O)COc2ccccc2)cc1. The Bertz CT molecular complexity index is 785. The fraction of sp³-hybridized carbons (Fsp3) is 0.211. The maximum atomic E-state index is 12.0. The van der Waals surface area contributed by atoms with E-state index in [-0.39, 0.29) is 24.3 Å². The average Bonchev–Trinajstić information content (AvgIpc) is 2.62. The molecule has 0 saturated heterocycles. The minimum atomic E-state index is -0.229. The molecule has 128 valence electrons. The standard InChI is InChI=1S/C19H19N3O3/c1-13-11-17(23)21-22-19(13)14-7-9-15(10-8-14)20-18(24)12-25-16-5-3-2-4-6-16/h2-10,13H,11-12H2,1H3,(H,20,24)(H,21,23)/t13-/m1/s1. The number of hydrazone groups is 1. The van der Waals surface area contributed by atoms with Gasteiger partial charge in [-0.3, -0.25) is 9.59 Å². The summed E-state index contributed by atoms with van der Waals surface area (Å²) in [5, 5.41) is 6.91. The molecule has 2 N–H and O–H groups in total. The van der Waals surface area contributed by atoms with Crippen LogP contribution in [0.1, 0.15) is 18.9 Å². The second-order valence-electron chi connectivity index (χ2n) is 5.86. The average molecular weight is 337 g/mol. The zero-order valence-electron chi connectivity index (χ0n) is 13.9. The predicted molar refractivity (Wildman–Crippen MR) is 95.5 cm³/mol. The van der Waals surface area contributed by atoms with E-state index in [1.165, 1.54) is 0 Å². The van der Waals surface area contributed by atoms with Gasteiger partial charge in [0.1, 0.15) is 5.75 Å². The molecule has 1 atom stereocenters. The third-order valence-corrected chi connectivity index (χ3v) is 3.84. The molecule has 0 saturated carbocycles. The van der Waals surface area contributed by atoms with Crippen molar-refractivity contribution >= 4 is 23.2 Å². The number of ether oxygens (including phenoxy) is 1. The molecule has 2 aromatic rings. The van der Waals surface area contributed by atoms with Crippen LogP contribution >= 0.6 is 0 Å². The van der Waals surface area contributed by atoms with Crippen molar-refractivity contribution in [1.29, 1.82) is 0 Å². The molecular weight excluding hydrogens is 318 g/mol. The normalized spacial score (nSPS) is 16.6. The lowest BCUT2D eigenvalue weighted by Crippen LogP contribution is -2.31. The molecule has 0 unspecified atom stereocenters. The van der Waals surface area contributed by atoms with Gasteiger partial charge in [-0.05, 0) is 29.8 Å². The van der Waals surface area contributed by atoms with Crippen molar-refractivity contribution in [2.75, 3.05) is 11.9 Å². The monoisotopic (exact) mass is 337 g/mol. The zero-order valence-corrected chi connectivity index (χ0v) is 13.9. The first-order valence-corrected chi connectivity index (χ1v) is 8.06. The zero-order chi connectivity index (χ0) is 17.6. The number of hydrogen-bond acceptors (Lipinski definition) is 4. The van der Waals surface area contributed by atoms with Gasteiger partial charge in [0.2, 0.25) is 5.91 Å². The molecule has 1 aliphatic rings. The molecule has 25 heavy (non-hydrogen) atoms. The number of amides is 2. The smallest absolute Gasteiger partial charge is 0.262 e. The van der Waals surface area contributed by atoms with Gasteiger partial charge in [0.15, 0.2) is 6.61 Å². The van der Waals surface area contributed by atoms with Crippen molar-refractivity contribution in [3.63, 3.8) is 0 Å². The van der Waals surface area contributed by atoms with Gasteiger partial charge < -0.3 is 10.1 Å². The van der Waals surface area contributed by atoms with Gasteiger partial charge in [0, 0.05) is 18.0 Å². The fourth-order valence-corrected chi connectivity index (χ4v) is 2.59. The molecule has 2 aromatic carbocycles. The molecule has 1 aliphatic heterocycles. The first-order valence-electron chi connectivity index (χ1n) is 8.06. The van der Waals surface area contributed by atoms with Crippen LogP contribution < -0.4 is 15.5 Å². The van der Waals surface area contributed by atoms with E-state index in [4.69, 9.17) is 4.74 Å². The molecule has 0 fully saturated rings. The quantitative estimate of drug-likeness (QED) is 0.880. The molecule has 0 spiro atoms. The van der Waals surface area contributed by atoms with Crippen LogP contribution in [0.3, 0.4) is 0 Å². The first kappa shape index (κ1) is 16.7. The molecule has 0 bridgehead atoms. The van der Waals surface area contributed by atoms with Crippen molar-refractivity contribution in [2.45, 2.75) is 13.3 Å². The third-order valence-electron chi connectivity index (χ3n) is 3.84. The number of carbonyl (C=O) groups excluding carboxylic acids is 2. The van der Waals surface area contributed by atoms with Crippen LogP contribution in [-0.4, -0.2) is 24.1 Å². The topological polar surface area (TPSA) is 79.8 Å². The van der Waals surface area contributed by atoms with Crippen LogP contribution in [0.4, 0.5) is 5.69 Å². The molecule has 0 aromatic heterocycles. The summed E-state index contributed by atoms with van der Waals surface area (Å²) in [7, 11) is 0. The summed E-state index contributed by atoms with van der Waals surface area (Å²) in [5.74, 6) is 0.415. The summed E-state index contributed by atoms with van der Waals surface area (Å²) in [4.78, 5) is 23.3. The maximum Gasteiger partial charge on any atom is 0.262 e. The minimum Gasteiger partial charge on any atom is -0.484 e. The van der Waals surface area contributed by atoms with Crippen LogP contribution in [0.15, 0.2) is 59.7 Å². The van der Waals surface area contributed by atoms with Gasteiger partial charge in [-0.25, -0.2) is 5.43 Å². The number of hydrogen-bond donors (Lipinski definition) is 2. The number of para-hydroxylation sites is 1. The van der Waals surface area contributed by atoms with E-state index in [0.29, 0.717) is 17.9 Å². The van der Waals surface area contributed by atoms with E-state index >= 15 is 0 Å². The number of benzene rings is 2. The number of anilines is 1. The number of rotatable bonds is 5. The molecule has 3 rings (SSSR count). The Morgan fingerprint density at radius 1 is 1.20 bits per heavy atom. The van der Waals surface area contributed by atoms with E-state index in [0.717, 1.165) is 11.3 Å². The van der Waals surface area contributed by atoms with E-state index in [1.54, 1.807) is 24.3 Å². The van der Waals surface area contributed by atoms with E-state index < -0.39 is 0 Å². The van der Waals surface area contributed by atoms with Gasteiger partial charge in [-0.15, -0.1) is 0 Å². The summed E-state index contributed by atoms with van der Waals surface area (Å²) in [6.45, 7) is 1.91. The number of carbonyl (C=O) groups is 2. The maximum absolute atomic E-state index is 12.0. The summed E-state index contributed by atoms with van der Waals surface area (Å²) < 4.78 is 5.41. The van der Waals surface area contributed by atoms with Gasteiger partial charge in [0.25, 0.3) is 5.91 Å². The van der Waals surface area contributed by atoms with Crippen molar-refractivity contribution in [2.24, 2.45) is 11.0 Å². The van der Waals surface area contributed by atoms with Gasteiger partial charge in [-0.2, -0.15) is 5.10 Å². The predicted octanol–water partition coefficient (Wildman–Crippen LogP) is 2.56. The fourth-order valence-electron chi connectivity index (χ4n) is 2.59. The summed E-state index contributed by atoms with van der Waals surface area (Å²) in [6.07, 6.45) is 0.425. The molecule has 1 heterocycles. The Kier molecular flexibility index (Phi) is 5.09. The van der Waals surface area contributed by atoms with Gasteiger partial charge in [-0.1, -0.05) is 37.3 Å². The largest absolute Gasteiger partial charge is 0.484 e. The third kappa shape index (κ3) is 4.44. The molecule has 6 heteroatoms. The van der Waals surface area contributed by atoms with Crippen molar-refractivity contribution in [3.8, 4) is 5.75 Å². The second-order valence-corrected chi connectivity index (χ2v) is 5.86. The van der Waals surface area contributed by atoms with E-state index in [1.807, 2.05) is 37.3 Å². The lowest BCUT2D eigenvalue weighted by atomic mass is 9.94. The van der Waals surface area contributed by atoms with Crippen molar-refractivity contribution < 1.29 is 14.3 Å². The van der Waals surface area contributed by atoms with Crippen LogP contribution in [0, 0.1) is 5.92 Å². The number of nitrogens with one attached hydrogen (secondary N) is 2. The highest BCUT2D eigenvalue weighted by molar-refractivity contribution is 6.06. The van der Waals surface area contributed by atoms with Gasteiger partial charge >= 0.3 is 0 Å². The lowest BCUT2D eigenvalue weighted by Gasteiger charge is -2.19. The highest BCUT2D eigenvalue weighted by Crippen LogP contribution is 2.18. The van der Waals surface area contributed by atoms with E-state index in [2.05, 4.69) is 15.8 Å². The molecule has 2 amide bonds. The molecule has 6 nitrogen and oxygen atoms in total. The summed E-state index contributed by atoms with van der Waals surface area (Å²) in [5.41, 5.74) is 4.94.